The van der Waals surface area contributed by atoms with Crippen LogP contribution in [-0.4, -0.2) is 25.1 Å². The summed E-state index contributed by atoms with van der Waals surface area (Å²) in [5.41, 5.74) is 2.54. The maximum absolute atomic E-state index is 12.0. The number of esters is 1. The normalized spacial score (nSPS) is 10.5. The molecule has 1 amide bonds. The van der Waals surface area contributed by atoms with Crippen LogP contribution in [-0.2, 0) is 16.1 Å². The van der Waals surface area contributed by atoms with E-state index in [0.29, 0.717) is 30.4 Å². The summed E-state index contributed by atoms with van der Waals surface area (Å²) in [6.07, 6.45) is 0. The number of rotatable bonds is 8. The van der Waals surface area contributed by atoms with Gasteiger partial charge in [0.25, 0.3) is 5.91 Å². The Morgan fingerprint density at radius 1 is 1.00 bits per heavy atom. The number of hydrogen-bond acceptors (Lipinski definition) is 4. The van der Waals surface area contributed by atoms with Crippen molar-refractivity contribution in [3.8, 4) is 5.75 Å². The summed E-state index contributed by atoms with van der Waals surface area (Å²) in [6, 6.07) is 14.6. The van der Waals surface area contributed by atoms with Gasteiger partial charge in [-0.2, -0.15) is 0 Å². The van der Waals surface area contributed by atoms with Gasteiger partial charge >= 0.3 is 5.97 Å². The molecule has 0 unspecified atom stereocenters. The van der Waals surface area contributed by atoms with Crippen LogP contribution in [0.3, 0.4) is 0 Å². The Hall–Kier alpha value is -2.82. The topological polar surface area (TPSA) is 64.6 Å². The Labute approximate surface area is 154 Å². The second-order valence-electron chi connectivity index (χ2n) is 6.57. The molecule has 138 valence electrons. The van der Waals surface area contributed by atoms with Crippen molar-refractivity contribution in [1.82, 2.24) is 5.32 Å². The highest BCUT2D eigenvalue weighted by molar-refractivity contribution is 5.91. The van der Waals surface area contributed by atoms with E-state index >= 15 is 0 Å². The number of amides is 1. The summed E-state index contributed by atoms with van der Waals surface area (Å²) in [4.78, 5) is 23.8. The SMILES string of the molecule is Cc1ccc(CNC(=O)COC(=O)c2ccc(OCC(C)C)cc2)cc1. The van der Waals surface area contributed by atoms with E-state index in [-0.39, 0.29) is 12.5 Å². The molecule has 0 spiro atoms. The van der Waals surface area contributed by atoms with Crippen LogP contribution in [0.25, 0.3) is 0 Å². The molecule has 0 aliphatic rings. The van der Waals surface area contributed by atoms with Gasteiger partial charge in [-0.1, -0.05) is 43.7 Å². The third-order valence-corrected chi connectivity index (χ3v) is 3.62. The Kier molecular flexibility index (Phi) is 7.21. The first kappa shape index (κ1) is 19.5. The van der Waals surface area contributed by atoms with Crippen LogP contribution in [0.5, 0.6) is 5.75 Å². The van der Waals surface area contributed by atoms with Crippen molar-refractivity contribution >= 4 is 11.9 Å². The van der Waals surface area contributed by atoms with Crippen molar-refractivity contribution in [2.24, 2.45) is 5.92 Å². The second kappa shape index (κ2) is 9.61. The highest BCUT2D eigenvalue weighted by Crippen LogP contribution is 2.14. The van der Waals surface area contributed by atoms with Crippen LogP contribution < -0.4 is 10.1 Å². The van der Waals surface area contributed by atoms with Gasteiger partial charge in [0.2, 0.25) is 0 Å². The van der Waals surface area contributed by atoms with Crippen LogP contribution >= 0.6 is 0 Å². The molecule has 0 heterocycles. The number of benzene rings is 2. The molecule has 0 aromatic heterocycles. The smallest absolute Gasteiger partial charge is 0.338 e. The lowest BCUT2D eigenvalue weighted by atomic mass is 10.1. The van der Waals surface area contributed by atoms with Gasteiger partial charge in [-0.25, -0.2) is 4.79 Å². The minimum Gasteiger partial charge on any atom is -0.493 e. The quantitative estimate of drug-likeness (QED) is 0.736. The third kappa shape index (κ3) is 6.59. The van der Waals surface area contributed by atoms with Crippen molar-refractivity contribution in [2.75, 3.05) is 13.2 Å². The molecule has 5 heteroatoms. The molecule has 0 aliphatic carbocycles. The van der Waals surface area contributed by atoms with Gasteiger partial charge in [0.15, 0.2) is 6.61 Å². The third-order valence-electron chi connectivity index (χ3n) is 3.62. The fraction of sp³-hybridized carbons (Fsp3) is 0.333. The molecule has 0 aliphatic heterocycles. The predicted octanol–water partition coefficient (Wildman–Crippen LogP) is 3.50. The van der Waals surface area contributed by atoms with Crippen molar-refractivity contribution in [3.63, 3.8) is 0 Å². The predicted molar refractivity (Wildman–Crippen MR) is 100 cm³/mol. The zero-order valence-corrected chi connectivity index (χ0v) is 15.5. The Bertz CT molecular complexity index is 721. The summed E-state index contributed by atoms with van der Waals surface area (Å²) < 4.78 is 10.6. The molecule has 0 saturated heterocycles. The monoisotopic (exact) mass is 355 g/mol. The zero-order chi connectivity index (χ0) is 18.9. The van der Waals surface area contributed by atoms with Crippen molar-refractivity contribution in [3.05, 3.63) is 65.2 Å². The van der Waals surface area contributed by atoms with Crippen molar-refractivity contribution in [2.45, 2.75) is 27.3 Å². The molecule has 0 bridgehead atoms. The van der Waals surface area contributed by atoms with Gasteiger partial charge in [0.1, 0.15) is 5.75 Å². The largest absolute Gasteiger partial charge is 0.493 e. The molecule has 2 aromatic rings. The Balaban J connectivity index is 1.74. The van der Waals surface area contributed by atoms with Gasteiger partial charge < -0.3 is 14.8 Å². The van der Waals surface area contributed by atoms with Crippen molar-refractivity contribution in [1.29, 1.82) is 0 Å². The Morgan fingerprint density at radius 3 is 2.27 bits per heavy atom. The molecule has 0 atom stereocenters. The molecule has 0 radical (unpaired) electrons. The molecular weight excluding hydrogens is 330 g/mol. The number of hydrogen-bond donors (Lipinski definition) is 1. The van der Waals surface area contributed by atoms with E-state index in [1.807, 2.05) is 31.2 Å². The van der Waals surface area contributed by atoms with E-state index < -0.39 is 5.97 Å². The minimum absolute atomic E-state index is 0.309. The van der Waals surface area contributed by atoms with E-state index in [9.17, 15) is 9.59 Å². The fourth-order valence-corrected chi connectivity index (χ4v) is 2.12. The molecular formula is C21H25NO4. The van der Waals surface area contributed by atoms with Gasteiger partial charge in [-0.15, -0.1) is 0 Å². The van der Waals surface area contributed by atoms with Crippen LogP contribution in [0.15, 0.2) is 48.5 Å². The maximum Gasteiger partial charge on any atom is 0.338 e. The number of aryl methyl sites for hydroxylation is 1. The van der Waals surface area contributed by atoms with E-state index in [1.54, 1.807) is 24.3 Å². The van der Waals surface area contributed by atoms with Crippen LogP contribution in [0.4, 0.5) is 0 Å². The second-order valence-corrected chi connectivity index (χ2v) is 6.57. The average molecular weight is 355 g/mol. The van der Waals surface area contributed by atoms with E-state index in [1.165, 1.54) is 0 Å². The van der Waals surface area contributed by atoms with E-state index in [2.05, 4.69) is 19.2 Å². The summed E-state index contributed by atoms with van der Waals surface area (Å²) in [5, 5.41) is 2.73. The van der Waals surface area contributed by atoms with Gasteiger partial charge in [0, 0.05) is 6.54 Å². The van der Waals surface area contributed by atoms with Gasteiger partial charge in [0.05, 0.1) is 12.2 Å². The minimum atomic E-state index is -0.536. The highest BCUT2D eigenvalue weighted by Gasteiger charge is 2.10. The molecule has 0 fully saturated rings. The molecule has 2 rings (SSSR count). The zero-order valence-electron chi connectivity index (χ0n) is 15.5. The lowest BCUT2D eigenvalue weighted by Gasteiger charge is -2.09. The summed E-state index contributed by atoms with van der Waals surface area (Å²) in [6.45, 7) is 6.84. The number of carbonyl (C=O) groups excluding carboxylic acids is 2. The Morgan fingerprint density at radius 2 is 1.65 bits per heavy atom. The number of ether oxygens (including phenoxy) is 2. The molecule has 0 saturated carbocycles. The fourth-order valence-electron chi connectivity index (χ4n) is 2.12. The number of carbonyl (C=O) groups is 2. The summed E-state index contributed by atoms with van der Waals surface area (Å²) >= 11 is 0. The van der Waals surface area contributed by atoms with E-state index in [4.69, 9.17) is 9.47 Å². The van der Waals surface area contributed by atoms with Gasteiger partial charge in [-0.05, 0) is 42.7 Å². The molecule has 1 N–H and O–H groups in total. The summed E-state index contributed by atoms with van der Waals surface area (Å²) in [7, 11) is 0. The lowest BCUT2D eigenvalue weighted by molar-refractivity contribution is -0.124. The summed E-state index contributed by atoms with van der Waals surface area (Å²) in [5.74, 6) is 0.255. The molecule has 26 heavy (non-hydrogen) atoms. The van der Waals surface area contributed by atoms with E-state index in [0.717, 1.165) is 11.1 Å². The lowest BCUT2D eigenvalue weighted by Crippen LogP contribution is -2.28. The standard InChI is InChI=1S/C21H25NO4/c1-15(2)13-25-19-10-8-18(9-11-19)21(24)26-14-20(23)22-12-17-6-4-16(3)5-7-17/h4-11,15H,12-14H2,1-3H3,(H,22,23). The van der Waals surface area contributed by atoms with Crippen LogP contribution in [0.1, 0.15) is 35.3 Å². The first-order chi connectivity index (χ1) is 12.4. The molecule has 5 nitrogen and oxygen atoms in total. The number of nitrogens with one attached hydrogen (secondary N) is 1. The van der Waals surface area contributed by atoms with Crippen molar-refractivity contribution < 1.29 is 19.1 Å². The van der Waals surface area contributed by atoms with Gasteiger partial charge in [-0.3, -0.25) is 4.79 Å². The molecule has 2 aromatic carbocycles. The van der Waals surface area contributed by atoms with Crippen LogP contribution in [0, 0.1) is 12.8 Å². The highest BCUT2D eigenvalue weighted by atomic mass is 16.5. The average Bonchev–Trinajstić information content (AvgIpc) is 2.64. The van der Waals surface area contributed by atoms with Crippen LogP contribution in [0.2, 0.25) is 0 Å². The first-order valence-electron chi connectivity index (χ1n) is 8.66. The first-order valence-corrected chi connectivity index (χ1v) is 8.66. The maximum atomic E-state index is 12.0.